The van der Waals surface area contributed by atoms with Gasteiger partial charge in [-0.25, -0.2) is 0 Å². The molecule has 0 bridgehead atoms. The number of carbonyl (C=O) groups excluding carboxylic acids is 1. The molecule has 0 aromatic rings. The molecule has 0 spiro atoms. The second kappa shape index (κ2) is 43.1. The predicted molar refractivity (Wildman–Crippen MR) is 258 cm³/mol. The Morgan fingerprint density at radius 1 is 0.548 bits per heavy atom. The van der Waals surface area contributed by atoms with Gasteiger partial charge in [-0.1, -0.05) is 204 Å². The highest BCUT2D eigenvalue weighted by Gasteiger charge is 2.44. The van der Waals surface area contributed by atoms with Crippen molar-refractivity contribution in [2.24, 2.45) is 0 Å². The van der Waals surface area contributed by atoms with Crippen LogP contribution in [0.2, 0.25) is 0 Å². The van der Waals surface area contributed by atoms with Crippen molar-refractivity contribution in [1.82, 2.24) is 5.32 Å². The highest BCUT2D eigenvalue weighted by molar-refractivity contribution is 5.76. The highest BCUT2D eigenvalue weighted by Crippen LogP contribution is 2.23. The number of aliphatic hydroxyl groups is 5. The minimum atomic E-state index is -1.57. The molecular formula is C53H97NO8. The number of allylic oxidation sites excluding steroid dienone is 7. The molecule has 9 heteroatoms. The third-order valence-corrected chi connectivity index (χ3v) is 12.1. The zero-order valence-electron chi connectivity index (χ0n) is 39.9. The molecule has 0 aromatic carbocycles. The Hall–Kier alpha value is -1.85. The largest absolute Gasteiger partial charge is 0.394 e. The number of hydrogen-bond donors (Lipinski definition) is 6. The lowest BCUT2D eigenvalue weighted by Crippen LogP contribution is -2.60. The van der Waals surface area contributed by atoms with Gasteiger partial charge in [-0.2, -0.15) is 0 Å². The van der Waals surface area contributed by atoms with Crippen LogP contribution in [-0.2, 0) is 14.3 Å². The average molecular weight is 876 g/mol. The smallest absolute Gasteiger partial charge is 0.220 e. The van der Waals surface area contributed by atoms with Crippen LogP contribution >= 0.6 is 0 Å². The molecule has 6 N–H and O–H groups in total. The number of rotatable bonds is 43. The molecule has 0 radical (unpaired) electrons. The van der Waals surface area contributed by atoms with E-state index in [9.17, 15) is 30.3 Å². The SMILES string of the molecule is CC/C=C/CC/C=C/CC/C=C/C(O)C(COC1OC(CO)C(O)C(O)C1O)NC(=O)CCCCCCCCCCCCCCC/C=C\CCCCCCCCCCCCCC. The van der Waals surface area contributed by atoms with Crippen LogP contribution < -0.4 is 5.32 Å². The molecule has 7 unspecified atom stereocenters. The lowest BCUT2D eigenvalue weighted by atomic mass is 9.99. The molecule has 0 aliphatic carbocycles. The van der Waals surface area contributed by atoms with E-state index in [0.717, 1.165) is 51.4 Å². The van der Waals surface area contributed by atoms with Crippen LogP contribution in [0.15, 0.2) is 48.6 Å². The van der Waals surface area contributed by atoms with Gasteiger partial charge in [0.2, 0.25) is 5.91 Å². The van der Waals surface area contributed by atoms with E-state index >= 15 is 0 Å². The second-order valence-corrected chi connectivity index (χ2v) is 17.9. The summed E-state index contributed by atoms with van der Waals surface area (Å²) in [6.07, 6.45) is 49.2. The van der Waals surface area contributed by atoms with Crippen molar-refractivity contribution in [3.63, 3.8) is 0 Å². The van der Waals surface area contributed by atoms with Crippen LogP contribution in [0.1, 0.15) is 226 Å². The van der Waals surface area contributed by atoms with Crippen LogP contribution in [0.5, 0.6) is 0 Å². The van der Waals surface area contributed by atoms with Crippen molar-refractivity contribution in [2.45, 2.75) is 269 Å². The van der Waals surface area contributed by atoms with E-state index in [1.54, 1.807) is 6.08 Å². The fourth-order valence-electron chi connectivity index (χ4n) is 8.01. The highest BCUT2D eigenvalue weighted by atomic mass is 16.7. The van der Waals surface area contributed by atoms with Gasteiger partial charge >= 0.3 is 0 Å². The lowest BCUT2D eigenvalue weighted by molar-refractivity contribution is -0.302. The van der Waals surface area contributed by atoms with Gasteiger partial charge < -0.3 is 40.3 Å². The van der Waals surface area contributed by atoms with Crippen molar-refractivity contribution in [3.8, 4) is 0 Å². The summed E-state index contributed by atoms with van der Waals surface area (Å²) in [7, 11) is 0. The Balaban J connectivity index is 2.15. The third kappa shape index (κ3) is 32.8. The van der Waals surface area contributed by atoms with E-state index in [1.807, 2.05) is 6.08 Å². The zero-order valence-corrected chi connectivity index (χ0v) is 39.9. The fraction of sp³-hybridized carbons (Fsp3) is 0.830. The molecule has 1 rings (SSSR count). The van der Waals surface area contributed by atoms with Gasteiger partial charge in [0.15, 0.2) is 6.29 Å². The average Bonchev–Trinajstić information content (AvgIpc) is 3.27. The first-order valence-corrected chi connectivity index (χ1v) is 25.9. The molecule has 7 atom stereocenters. The molecule has 0 aromatic heterocycles. The van der Waals surface area contributed by atoms with E-state index in [0.29, 0.717) is 6.42 Å². The van der Waals surface area contributed by atoms with E-state index < -0.39 is 49.5 Å². The minimum Gasteiger partial charge on any atom is -0.394 e. The zero-order chi connectivity index (χ0) is 45.1. The summed E-state index contributed by atoms with van der Waals surface area (Å²) >= 11 is 0. The molecular weight excluding hydrogens is 779 g/mol. The van der Waals surface area contributed by atoms with Crippen molar-refractivity contribution >= 4 is 5.91 Å². The maximum Gasteiger partial charge on any atom is 0.220 e. The lowest BCUT2D eigenvalue weighted by Gasteiger charge is -2.40. The van der Waals surface area contributed by atoms with Gasteiger partial charge in [-0.3, -0.25) is 4.79 Å². The maximum absolute atomic E-state index is 13.0. The monoisotopic (exact) mass is 876 g/mol. The summed E-state index contributed by atoms with van der Waals surface area (Å²) in [5, 5.41) is 54.1. The van der Waals surface area contributed by atoms with Crippen LogP contribution in [0, 0.1) is 0 Å². The van der Waals surface area contributed by atoms with Gasteiger partial charge in [-0.05, 0) is 64.2 Å². The Bertz CT molecular complexity index is 1110. The Morgan fingerprint density at radius 3 is 1.44 bits per heavy atom. The molecule has 1 amide bonds. The Kier molecular flexibility index (Phi) is 40.4. The fourth-order valence-corrected chi connectivity index (χ4v) is 8.01. The standard InChI is InChI=1S/C53H97NO8/c1-3-5-7-9-11-13-15-16-17-18-19-20-21-22-23-24-25-26-27-28-29-30-31-32-33-35-37-39-41-43-49(57)54-46(45-61-53-52(60)51(59)50(58)48(44-55)62-53)47(56)42-40-38-36-34-14-12-10-8-6-4-2/h6,8,14,22-23,34,40,42,46-48,50-53,55-56,58-60H,3-5,7,9-13,15-21,24-33,35-39,41,43-45H2,1-2H3,(H,54,57)/b8-6+,23-22-,34-14+,42-40+. The summed E-state index contributed by atoms with van der Waals surface area (Å²) < 4.78 is 11.2. The van der Waals surface area contributed by atoms with Crippen molar-refractivity contribution in [1.29, 1.82) is 0 Å². The third-order valence-electron chi connectivity index (χ3n) is 12.1. The quantitative estimate of drug-likeness (QED) is 0.0262. The molecule has 0 saturated carbocycles. The summed E-state index contributed by atoms with van der Waals surface area (Å²) in [6, 6.07) is -0.826. The second-order valence-electron chi connectivity index (χ2n) is 17.9. The topological polar surface area (TPSA) is 149 Å². The summed E-state index contributed by atoms with van der Waals surface area (Å²) in [5.74, 6) is -0.193. The minimum absolute atomic E-state index is 0.193. The van der Waals surface area contributed by atoms with Crippen molar-refractivity contribution < 1.29 is 39.8 Å². The van der Waals surface area contributed by atoms with E-state index in [4.69, 9.17) is 9.47 Å². The number of unbranched alkanes of at least 4 members (excludes halogenated alkanes) is 27. The number of carbonyl (C=O) groups is 1. The summed E-state index contributed by atoms with van der Waals surface area (Å²) in [6.45, 7) is 3.63. The molecule has 9 nitrogen and oxygen atoms in total. The molecule has 362 valence electrons. The number of hydrogen-bond acceptors (Lipinski definition) is 8. The van der Waals surface area contributed by atoms with Gasteiger partial charge in [0.1, 0.15) is 24.4 Å². The van der Waals surface area contributed by atoms with E-state index in [1.165, 1.54) is 154 Å². The van der Waals surface area contributed by atoms with Crippen LogP contribution in [0.25, 0.3) is 0 Å². The first kappa shape index (κ1) is 58.2. The number of aliphatic hydroxyl groups excluding tert-OH is 5. The van der Waals surface area contributed by atoms with Gasteiger partial charge in [-0.15, -0.1) is 0 Å². The molecule has 1 saturated heterocycles. The molecule has 1 fully saturated rings. The molecule has 1 heterocycles. The number of ether oxygens (including phenoxy) is 2. The number of nitrogens with one attached hydrogen (secondary N) is 1. The van der Waals surface area contributed by atoms with Crippen LogP contribution in [-0.4, -0.2) is 87.5 Å². The Morgan fingerprint density at radius 2 is 0.968 bits per heavy atom. The summed E-state index contributed by atoms with van der Waals surface area (Å²) in [4.78, 5) is 13.0. The van der Waals surface area contributed by atoms with Crippen molar-refractivity contribution in [3.05, 3.63) is 48.6 Å². The van der Waals surface area contributed by atoms with E-state index in [2.05, 4.69) is 55.6 Å². The molecule has 62 heavy (non-hydrogen) atoms. The molecule has 1 aliphatic heterocycles. The predicted octanol–water partition coefficient (Wildman–Crippen LogP) is 11.8. The summed E-state index contributed by atoms with van der Waals surface area (Å²) in [5.41, 5.74) is 0. The first-order chi connectivity index (χ1) is 30.3. The first-order valence-electron chi connectivity index (χ1n) is 25.9. The maximum atomic E-state index is 13.0. The number of amides is 1. The van der Waals surface area contributed by atoms with Gasteiger partial charge in [0.05, 0.1) is 25.4 Å². The molecule has 1 aliphatic rings. The Labute approximate surface area is 380 Å². The van der Waals surface area contributed by atoms with Gasteiger partial charge in [0.25, 0.3) is 0 Å². The van der Waals surface area contributed by atoms with Crippen molar-refractivity contribution in [2.75, 3.05) is 13.2 Å². The normalized spacial score (nSPS) is 20.7. The van der Waals surface area contributed by atoms with E-state index in [-0.39, 0.29) is 12.5 Å². The van der Waals surface area contributed by atoms with Gasteiger partial charge in [0, 0.05) is 6.42 Å². The van der Waals surface area contributed by atoms with Crippen LogP contribution in [0.4, 0.5) is 0 Å². The van der Waals surface area contributed by atoms with Crippen LogP contribution in [0.3, 0.4) is 0 Å².